The summed E-state index contributed by atoms with van der Waals surface area (Å²) in [6, 6.07) is 6.45. The molecule has 0 bridgehead atoms. The van der Waals surface area contributed by atoms with Gasteiger partial charge in [-0.15, -0.1) is 0 Å². The third-order valence-electron chi connectivity index (χ3n) is 2.07. The summed E-state index contributed by atoms with van der Waals surface area (Å²) >= 11 is 0. The highest BCUT2D eigenvalue weighted by atomic mass is 32.2. The summed E-state index contributed by atoms with van der Waals surface area (Å²) in [6.45, 7) is 3.33. The maximum atomic E-state index is 11.1. The Balaban J connectivity index is 2.69. The van der Waals surface area contributed by atoms with Crippen LogP contribution in [0.3, 0.4) is 0 Å². The van der Waals surface area contributed by atoms with E-state index in [9.17, 15) is 13.2 Å². The maximum absolute atomic E-state index is 11.1. The zero-order valence-electron chi connectivity index (χ0n) is 9.34. The Hall–Kier alpha value is -1.66. The van der Waals surface area contributed by atoms with E-state index in [0.717, 1.165) is 11.0 Å². The summed E-state index contributed by atoms with van der Waals surface area (Å²) in [5, 5.41) is 0.843. The molecule has 0 radical (unpaired) electrons. The Morgan fingerprint density at radius 3 is 2.47 bits per heavy atom. The Kier molecular flexibility index (Phi) is 4.42. The monoisotopic (exact) mass is 255 g/mol. The molecule has 0 unspecified atom stereocenters. The van der Waals surface area contributed by atoms with Crippen molar-refractivity contribution in [2.24, 2.45) is 0 Å². The Morgan fingerprint density at radius 2 is 2.00 bits per heavy atom. The van der Waals surface area contributed by atoms with Gasteiger partial charge in [0.25, 0.3) is 0 Å². The van der Waals surface area contributed by atoms with Crippen LogP contribution in [-0.2, 0) is 21.3 Å². The standard InChI is InChI=1S/C11H13NO4S/c1-3-17(14,15)12-8-9-4-6-10(7-5-9)11(13)16-2/h3-7,12H,1,8H2,2H3. The zero-order chi connectivity index (χ0) is 12.9. The minimum atomic E-state index is -3.43. The van der Waals surface area contributed by atoms with Crippen LogP contribution in [0.4, 0.5) is 0 Å². The molecule has 1 N–H and O–H groups in total. The van der Waals surface area contributed by atoms with Crippen LogP contribution in [-0.4, -0.2) is 21.5 Å². The second-order valence-electron chi connectivity index (χ2n) is 3.22. The van der Waals surface area contributed by atoms with Gasteiger partial charge in [0.15, 0.2) is 0 Å². The van der Waals surface area contributed by atoms with Crippen LogP contribution in [0.15, 0.2) is 36.3 Å². The molecule has 1 rings (SSSR count). The van der Waals surface area contributed by atoms with E-state index in [-0.39, 0.29) is 6.54 Å². The number of hydrogen-bond acceptors (Lipinski definition) is 4. The molecule has 0 aliphatic carbocycles. The summed E-state index contributed by atoms with van der Waals surface area (Å²) in [4.78, 5) is 11.1. The van der Waals surface area contributed by atoms with Crippen molar-refractivity contribution < 1.29 is 17.9 Å². The summed E-state index contributed by atoms with van der Waals surface area (Å²) < 4.78 is 29.1. The van der Waals surface area contributed by atoms with Crippen LogP contribution in [0.25, 0.3) is 0 Å². The molecule has 0 amide bonds. The molecular weight excluding hydrogens is 242 g/mol. The lowest BCUT2D eigenvalue weighted by Crippen LogP contribution is -2.20. The first-order valence-electron chi connectivity index (χ1n) is 4.78. The number of esters is 1. The molecule has 0 aromatic heterocycles. The number of carbonyl (C=O) groups excluding carboxylic acids is 1. The van der Waals surface area contributed by atoms with Gasteiger partial charge >= 0.3 is 5.97 Å². The molecule has 0 spiro atoms. The molecule has 1 aromatic carbocycles. The minimum Gasteiger partial charge on any atom is -0.465 e. The van der Waals surface area contributed by atoms with E-state index in [4.69, 9.17) is 0 Å². The average molecular weight is 255 g/mol. The molecule has 0 aliphatic rings. The number of hydrogen-bond donors (Lipinski definition) is 1. The van der Waals surface area contributed by atoms with Crippen LogP contribution < -0.4 is 4.72 Å². The number of ether oxygens (including phenoxy) is 1. The topological polar surface area (TPSA) is 72.5 Å². The smallest absolute Gasteiger partial charge is 0.337 e. The van der Waals surface area contributed by atoms with Crippen LogP contribution in [0.1, 0.15) is 15.9 Å². The van der Waals surface area contributed by atoms with E-state index in [1.54, 1.807) is 24.3 Å². The van der Waals surface area contributed by atoms with Gasteiger partial charge < -0.3 is 4.74 Å². The SMILES string of the molecule is C=CS(=O)(=O)NCc1ccc(C(=O)OC)cc1. The predicted molar refractivity (Wildman–Crippen MR) is 63.7 cm³/mol. The predicted octanol–water partition coefficient (Wildman–Crippen LogP) is 1.04. The molecule has 0 atom stereocenters. The third-order valence-corrected chi connectivity index (χ3v) is 3.06. The van der Waals surface area contributed by atoms with Gasteiger partial charge in [-0.25, -0.2) is 17.9 Å². The third kappa shape index (κ3) is 4.01. The van der Waals surface area contributed by atoms with Gasteiger partial charge in [-0.3, -0.25) is 0 Å². The van der Waals surface area contributed by atoms with E-state index in [2.05, 4.69) is 16.0 Å². The van der Waals surface area contributed by atoms with Crippen molar-refractivity contribution in [3.63, 3.8) is 0 Å². The summed E-state index contributed by atoms with van der Waals surface area (Å²) in [6.07, 6.45) is 0. The maximum Gasteiger partial charge on any atom is 0.337 e. The van der Waals surface area contributed by atoms with Crippen molar-refractivity contribution in [1.29, 1.82) is 0 Å². The first-order chi connectivity index (χ1) is 7.98. The number of sulfonamides is 1. The molecule has 0 fully saturated rings. The zero-order valence-corrected chi connectivity index (χ0v) is 10.2. The molecule has 5 nitrogen and oxygen atoms in total. The second-order valence-corrected chi connectivity index (χ2v) is 4.93. The Bertz CT molecular complexity index is 505. The number of nitrogens with one attached hydrogen (secondary N) is 1. The van der Waals surface area contributed by atoms with Crippen molar-refractivity contribution >= 4 is 16.0 Å². The number of rotatable bonds is 5. The highest BCUT2D eigenvalue weighted by molar-refractivity contribution is 7.92. The molecule has 0 heterocycles. The first kappa shape index (κ1) is 13.4. The van der Waals surface area contributed by atoms with Crippen LogP contribution >= 0.6 is 0 Å². The van der Waals surface area contributed by atoms with Crippen LogP contribution in [0, 0.1) is 0 Å². The number of carbonyl (C=O) groups is 1. The molecule has 0 saturated carbocycles. The van der Waals surface area contributed by atoms with Crippen LogP contribution in [0.2, 0.25) is 0 Å². The molecule has 0 aliphatic heterocycles. The van der Waals surface area contributed by atoms with E-state index in [1.807, 2.05) is 0 Å². The average Bonchev–Trinajstić information content (AvgIpc) is 2.36. The number of benzene rings is 1. The minimum absolute atomic E-state index is 0.149. The van der Waals surface area contributed by atoms with Crippen molar-refractivity contribution in [1.82, 2.24) is 4.72 Å². The van der Waals surface area contributed by atoms with E-state index in [0.29, 0.717) is 5.56 Å². The lowest BCUT2D eigenvalue weighted by Gasteiger charge is -2.04. The van der Waals surface area contributed by atoms with Crippen molar-refractivity contribution in [3.8, 4) is 0 Å². The van der Waals surface area contributed by atoms with Gasteiger partial charge in [0, 0.05) is 12.0 Å². The molecule has 6 heteroatoms. The summed E-state index contributed by atoms with van der Waals surface area (Å²) in [5.41, 5.74) is 1.16. The van der Waals surface area contributed by atoms with Crippen molar-refractivity contribution in [2.45, 2.75) is 6.54 Å². The fraction of sp³-hybridized carbons (Fsp3) is 0.182. The second kappa shape index (κ2) is 5.60. The quantitative estimate of drug-likeness (QED) is 0.798. The van der Waals surface area contributed by atoms with Gasteiger partial charge in [0.05, 0.1) is 12.7 Å². The lowest BCUT2D eigenvalue weighted by molar-refractivity contribution is 0.0600. The lowest BCUT2D eigenvalue weighted by atomic mass is 10.1. The molecule has 17 heavy (non-hydrogen) atoms. The van der Waals surface area contributed by atoms with E-state index >= 15 is 0 Å². The first-order valence-corrected chi connectivity index (χ1v) is 6.32. The Labute approximate surface area is 100 Å². The number of methoxy groups -OCH3 is 1. The largest absolute Gasteiger partial charge is 0.465 e. The molecular formula is C11H13NO4S. The highest BCUT2D eigenvalue weighted by Crippen LogP contribution is 2.06. The molecule has 92 valence electrons. The van der Waals surface area contributed by atoms with Gasteiger partial charge in [0.1, 0.15) is 0 Å². The summed E-state index contributed by atoms with van der Waals surface area (Å²) in [7, 11) is -2.13. The fourth-order valence-corrected chi connectivity index (χ4v) is 1.61. The van der Waals surface area contributed by atoms with Gasteiger partial charge in [-0.1, -0.05) is 18.7 Å². The van der Waals surface area contributed by atoms with Gasteiger partial charge in [-0.05, 0) is 17.7 Å². The van der Waals surface area contributed by atoms with E-state index in [1.165, 1.54) is 7.11 Å². The van der Waals surface area contributed by atoms with Gasteiger partial charge in [0.2, 0.25) is 10.0 Å². The van der Waals surface area contributed by atoms with Gasteiger partial charge in [-0.2, -0.15) is 0 Å². The Morgan fingerprint density at radius 1 is 1.41 bits per heavy atom. The van der Waals surface area contributed by atoms with E-state index < -0.39 is 16.0 Å². The van der Waals surface area contributed by atoms with Crippen molar-refractivity contribution in [3.05, 3.63) is 47.4 Å². The van der Waals surface area contributed by atoms with Crippen molar-refractivity contribution in [2.75, 3.05) is 7.11 Å². The summed E-state index contributed by atoms with van der Waals surface area (Å²) in [5.74, 6) is -0.428. The molecule has 0 saturated heterocycles. The fourth-order valence-electron chi connectivity index (χ4n) is 1.12. The van der Waals surface area contributed by atoms with Crippen LogP contribution in [0.5, 0.6) is 0 Å². The highest BCUT2D eigenvalue weighted by Gasteiger charge is 2.06. The normalized spacial score (nSPS) is 10.9. The molecule has 1 aromatic rings.